The van der Waals surface area contributed by atoms with Crippen molar-refractivity contribution in [3.63, 3.8) is 0 Å². The van der Waals surface area contributed by atoms with Crippen molar-refractivity contribution in [1.82, 2.24) is 5.06 Å². The van der Waals surface area contributed by atoms with E-state index in [9.17, 15) is 10.4 Å². The summed E-state index contributed by atoms with van der Waals surface area (Å²) < 4.78 is 0. The van der Waals surface area contributed by atoms with Gasteiger partial charge in [0, 0.05) is 24.3 Å². The van der Waals surface area contributed by atoms with E-state index in [0.29, 0.717) is 30.0 Å². The fourth-order valence-corrected chi connectivity index (χ4v) is 2.45. The first kappa shape index (κ1) is 14.8. The Balaban J connectivity index is 2.46. The zero-order valence-corrected chi connectivity index (χ0v) is 11.1. The molecule has 0 atom stereocenters. The molecule has 1 aromatic rings. The Labute approximate surface area is 116 Å². The van der Waals surface area contributed by atoms with Gasteiger partial charge in [-0.25, -0.2) is 5.06 Å². The molecule has 0 bridgehead atoms. The molecule has 8 heteroatoms. The van der Waals surface area contributed by atoms with Gasteiger partial charge >= 0.3 is 0 Å². The average molecular weight is 284 g/mol. The summed E-state index contributed by atoms with van der Waals surface area (Å²) in [5.41, 5.74) is 8.11. The fourth-order valence-electron chi connectivity index (χ4n) is 2.45. The zero-order valence-electron chi connectivity index (χ0n) is 11.1. The Hall–Kier alpha value is -1.58. The van der Waals surface area contributed by atoms with Crippen LogP contribution in [0.5, 0.6) is 0 Å². The zero-order chi connectivity index (χ0) is 14.7. The van der Waals surface area contributed by atoms with Gasteiger partial charge in [-0.2, -0.15) is 5.06 Å². The molecule has 1 heterocycles. The van der Waals surface area contributed by atoms with Crippen LogP contribution in [0, 0.1) is 0 Å². The lowest BCUT2D eigenvalue weighted by Crippen LogP contribution is -2.40. The first-order valence-corrected chi connectivity index (χ1v) is 6.36. The summed E-state index contributed by atoms with van der Waals surface area (Å²) in [6.45, 7) is 0.706. The molecule has 0 aromatic heterocycles. The minimum Gasteiger partial charge on any atom is -0.397 e. The normalized spacial score (nSPS) is 15.3. The van der Waals surface area contributed by atoms with Gasteiger partial charge in [-0.05, 0) is 12.1 Å². The quantitative estimate of drug-likeness (QED) is 0.456. The number of nitrogens with two attached hydrogens (primary N) is 1. The number of hydroxylamine groups is 3. The van der Waals surface area contributed by atoms with Gasteiger partial charge < -0.3 is 26.1 Å². The Kier molecular flexibility index (Phi) is 4.63. The van der Waals surface area contributed by atoms with Crippen molar-refractivity contribution >= 4 is 17.1 Å². The van der Waals surface area contributed by atoms with Crippen LogP contribution >= 0.6 is 0 Å². The minimum atomic E-state index is -0.0647. The molecule has 0 unspecified atom stereocenters. The van der Waals surface area contributed by atoms with Crippen molar-refractivity contribution in [2.24, 2.45) is 0 Å². The Morgan fingerprint density at radius 3 is 2.40 bits per heavy atom. The summed E-state index contributed by atoms with van der Waals surface area (Å²) in [4.78, 5) is 1.78. The maximum Gasteiger partial charge on any atom is 0.121 e. The van der Waals surface area contributed by atoms with Crippen molar-refractivity contribution in [3.8, 4) is 0 Å². The van der Waals surface area contributed by atoms with Crippen LogP contribution in [-0.2, 0) is 6.54 Å². The number of aliphatic hydroxyl groups excluding tert-OH is 2. The molecule has 0 amide bonds. The summed E-state index contributed by atoms with van der Waals surface area (Å²) in [6, 6.07) is 3.42. The van der Waals surface area contributed by atoms with E-state index in [0.717, 1.165) is 15.8 Å². The lowest BCUT2D eigenvalue weighted by Gasteiger charge is -2.35. The maximum absolute atomic E-state index is 9.91. The van der Waals surface area contributed by atoms with Gasteiger partial charge in [0.05, 0.1) is 31.1 Å². The second kappa shape index (κ2) is 6.25. The minimum absolute atomic E-state index is 0.0549. The average Bonchev–Trinajstić information content (AvgIpc) is 2.38. The summed E-state index contributed by atoms with van der Waals surface area (Å²) >= 11 is 0. The van der Waals surface area contributed by atoms with E-state index in [4.69, 9.17) is 15.9 Å². The molecule has 0 spiro atoms. The molecule has 6 N–H and O–H groups in total. The van der Waals surface area contributed by atoms with Gasteiger partial charge in [0.2, 0.25) is 0 Å². The van der Waals surface area contributed by atoms with E-state index in [1.165, 1.54) is 0 Å². The second-order valence-corrected chi connectivity index (χ2v) is 4.64. The molecular weight excluding hydrogens is 264 g/mol. The van der Waals surface area contributed by atoms with Crippen LogP contribution in [0.25, 0.3) is 0 Å². The van der Waals surface area contributed by atoms with Crippen molar-refractivity contribution in [2.75, 3.05) is 48.7 Å². The first-order chi connectivity index (χ1) is 9.58. The van der Waals surface area contributed by atoms with Gasteiger partial charge in [0.1, 0.15) is 6.67 Å². The Morgan fingerprint density at radius 2 is 1.80 bits per heavy atom. The van der Waals surface area contributed by atoms with Crippen molar-refractivity contribution in [3.05, 3.63) is 17.7 Å². The highest BCUT2D eigenvalue weighted by Crippen LogP contribution is 2.38. The molecule has 0 radical (unpaired) electrons. The SMILES string of the molecule is Nc1ccc(N(CCO)CCO)c2c1N(O)CN(O)C2. The van der Waals surface area contributed by atoms with E-state index in [2.05, 4.69) is 0 Å². The number of aliphatic hydroxyl groups is 2. The van der Waals surface area contributed by atoms with E-state index in [1.54, 1.807) is 17.0 Å². The fraction of sp³-hybridized carbons (Fsp3) is 0.500. The largest absolute Gasteiger partial charge is 0.397 e. The molecular formula is C12H20N4O4. The Morgan fingerprint density at radius 1 is 1.15 bits per heavy atom. The van der Waals surface area contributed by atoms with Gasteiger partial charge in [0.25, 0.3) is 0 Å². The van der Waals surface area contributed by atoms with Gasteiger partial charge in [-0.1, -0.05) is 0 Å². The summed E-state index contributed by atoms with van der Waals surface area (Å²) in [7, 11) is 0. The number of nitrogen functional groups attached to an aromatic ring is 1. The summed E-state index contributed by atoms with van der Waals surface area (Å²) in [6.07, 6.45) is 0. The number of fused-ring (bicyclic) bond motifs is 1. The van der Waals surface area contributed by atoms with E-state index in [-0.39, 0.29) is 26.4 Å². The van der Waals surface area contributed by atoms with Crippen LogP contribution < -0.4 is 15.7 Å². The van der Waals surface area contributed by atoms with Crippen LogP contribution in [-0.4, -0.2) is 58.7 Å². The van der Waals surface area contributed by atoms with Crippen molar-refractivity contribution < 1.29 is 20.6 Å². The number of hydrogen-bond acceptors (Lipinski definition) is 8. The van der Waals surface area contributed by atoms with Gasteiger partial charge in [-0.3, -0.25) is 5.21 Å². The third-order valence-electron chi connectivity index (χ3n) is 3.27. The van der Waals surface area contributed by atoms with Crippen LogP contribution in [0.3, 0.4) is 0 Å². The number of benzene rings is 1. The van der Waals surface area contributed by atoms with Crippen LogP contribution in [0.15, 0.2) is 12.1 Å². The first-order valence-electron chi connectivity index (χ1n) is 6.36. The highest BCUT2D eigenvalue weighted by atomic mass is 16.5. The summed E-state index contributed by atoms with van der Waals surface area (Å²) in [5, 5.41) is 39.7. The molecule has 1 aromatic carbocycles. The maximum atomic E-state index is 9.91. The predicted octanol–water partition coefficient (Wildman–Crippen LogP) is -0.582. The van der Waals surface area contributed by atoms with Crippen LogP contribution in [0.2, 0.25) is 0 Å². The summed E-state index contributed by atoms with van der Waals surface area (Å²) in [5.74, 6) is 0. The number of anilines is 3. The smallest absolute Gasteiger partial charge is 0.121 e. The molecule has 1 aliphatic rings. The topological polar surface area (TPSA) is 117 Å². The molecule has 0 fully saturated rings. The third kappa shape index (κ3) is 2.79. The van der Waals surface area contributed by atoms with Crippen molar-refractivity contribution in [1.29, 1.82) is 0 Å². The molecule has 0 aliphatic carbocycles. The molecule has 112 valence electrons. The highest BCUT2D eigenvalue weighted by molar-refractivity contribution is 5.79. The number of hydrogen-bond donors (Lipinski definition) is 5. The van der Waals surface area contributed by atoms with Gasteiger partial charge in [0.15, 0.2) is 0 Å². The van der Waals surface area contributed by atoms with E-state index in [1.807, 2.05) is 0 Å². The van der Waals surface area contributed by atoms with Gasteiger partial charge in [-0.15, -0.1) is 0 Å². The van der Waals surface area contributed by atoms with E-state index < -0.39 is 0 Å². The molecule has 1 aliphatic heterocycles. The molecule has 20 heavy (non-hydrogen) atoms. The molecule has 0 saturated heterocycles. The molecule has 2 rings (SSSR count). The van der Waals surface area contributed by atoms with Crippen LogP contribution in [0.1, 0.15) is 5.56 Å². The van der Waals surface area contributed by atoms with Crippen LogP contribution in [0.4, 0.5) is 17.1 Å². The monoisotopic (exact) mass is 284 g/mol. The molecule has 8 nitrogen and oxygen atoms in total. The standard InChI is InChI=1S/C12H20N4O4/c13-10-1-2-11(14(3-5-17)4-6-18)9-7-15(19)8-16(20)12(9)10/h1-2,17-20H,3-8,13H2. The lowest BCUT2D eigenvalue weighted by molar-refractivity contribution is -0.117. The predicted molar refractivity (Wildman–Crippen MR) is 73.7 cm³/mol. The highest BCUT2D eigenvalue weighted by Gasteiger charge is 2.26. The second-order valence-electron chi connectivity index (χ2n) is 4.64. The third-order valence-corrected chi connectivity index (χ3v) is 3.27. The van der Waals surface area contributed by atoms with E-state index >= 15 is 0 Å². The number of rotatable bonds is 5. The number of nitrogens with zero attached hydrogens (tertiary/aromatic N) is 3. The molecule has 0 saturated carbocycles. The lowest BCUT2D eigenvalue weighted by atomic mass is 10.1. The Bertz CT molecular complexity index is 465. The van der Waals surface area contributed by atoms with Crippen molar-refractivity contribution in [2.45, 2.75) is 6.54 Å².